The molecule has 2 amide bonds. The van der Waals surface area contributed by atoms with Gasteiger partial charge in [-0.05, 0) is 56.1 Å². The van der Waals surface area contributed by atoms with E-state index in [1.54, 1.807) is 12.1 Å². The number of piperidine rings is 1. The van der Waals surface area contributed by atoms with Gasteiger partial charge in [0, 0.05) is 23.5 Å². The summed E-state index contributed by atoms with van der Waals surface area (Å²) in [5.74, 6) is -0.138. The third kappa shape index (κ3) is 4.84. The van der Waals surface area contributed by atoms with Crippen LogP contribution in [-0.4, -0.2) is 24.9 Å². The van der Waals surface area contributed by atoms with Gasteiger partial charge in [0.1, 0.15) is 0 Å². The topological polar surface area (TPSA) is 70.2 Å². The fraction of sp³-hybridized carbons (Fsp3) is 0.300. The van der Waals surface area contributed by atoms with Gasteiger partial charge in [-0.15, -0.1) is 12.4 Å². The Kier molecular flexibility index (Phi) is 7.18. The van der Waals surface area contributed by atoms with Crippen LogP contribution in [0, 0.1) is 12.8 Å². The third-order valence-corrected chi connectivity index (χ3v) is 4.54. The van der Waals surface area contributed by atoms with Crippen molar-refractivity contribution in [1.29, 1.82) is 0 Å². The summed E-state index contributed by atoms with van der Waals surface area (Å²) in [6, 6.07) is 14.6. The van der Waals surface area contributed by atoms with Gasteiger partial charge < -0.3 is 16.0 Å². The lowest BCUT2D eigenvalue weighted by molar-refractivity contribution is -0.120. The predicted molar refractivity (Wildman–Crippen MR) is 107 cm³/mol. The van der Waals surface area contributed by atoms with Crippen LogP contribution >= 0.6 is 12.4 Å². The summed E-state index contributed by atoms with van der Waals surface area (Å²) in [5.41, 5.74) is 2.89. The maximum Gasteiger partial charge on any atom is 0.255 e. The predicted octanol–water partition coefficient (Wildman–Crippen LogP) is 3.61. The average molecular weight is 374 g/mol. The fourth-order valence-corrected chi connectivity index (χ4v) is 3.00. The van der Waals surface area contributed by atoms with E-state index in [1.807, 2.05) is 43.3 Å². The molecule has 0 radical (unpaired) electrons. The number of carbonyl (C=O) groups excluding carboxylic acids is 2. The molecule has 1 unspecified atom stereocenters. The Bertz CT molecular complexity index is 759. The zero-order valence-corrected chi connectivity index (χ0v) is 15.6. The molecule has 26 heavy (non-hydrogen) atoms. The highest BCUT2D eigenvalue weighted by molar-refractivity contribution is 6.05. The Morgan fingerprint density at radius 3 is 2.35 bits per heavy atom. The fourth-order valence-electron chi connectivity index (χ4n) is 3.00. The van der Waals surface area contributed by atoms with Crippen LogP contribution < -0.4 is 16.0 Å². The Balaban J connectivity index is 0.00000243. The summed E-state index contributed by atoms with van der Waals surface area (Å²) in [4.78, 5) is 24.8. The molecule has 6 heteroatoms. The number of nitrogens with one attached hydrogen (secondary N) is 3. The first-order chi connectivity index (χ1) is 12.1. The molecule has 0 bridgehead atoms. The van der Waals surface area contributed by atoms with Crippen LogP contribution in [0.5, 0.6) is 0 Å². The standard InChI is InChI=1S/C20H23N3O2.ClH/c1-14-17(22-19(24)15-7-3-2-4-8-15)10-5-11-18(14)23-20(25)16-9-6-12-21-13-16;/h2-5,7-8,10-11,16,21H,6,9,12-13H2,1H3,(H,22,24)(H,23,25);1H. The molecule has 3 N–H and O–H groups in total. The molecule has 1 aliphatic rings. The quantitative estimate of drug-likeness (QED) is 0.766. The second-order valence-corrected chi connectivity index (χ2v) is 6.33. The minimum Gasteiger partial charge on any atom is -0.325 e. The van der Waals surface area contributed by atoms with Gasteiger partial charge in [0.15, 0.2) is 0 Å². The van der Waals surface area contributed by atoms with E-state index in [1.165, 1.54) is 0 Å². The first kappa shape index (κ1) is 19.9. The summed E-state index contributed by atoms with van der Waals surface area (Å²) in [6.07, 6.45) is 1.92. The minimum absolute atomic E-state index is 0. The number of rotatable bonds is 4. The monoisotopic (exact) mass is 373 g/mol. The molecular weight excluding hydrogens is 350 g/mol. The van der Waals surface area contributed by atoms with E-state index < -0.39 is 0 Å². The van der Waals surface area contributed by atoms with Crippen molar-refractivity contribution in [2.24, 2.45) is 5.92 Å². The second-order valence-electron chi connectivity index (χ2n) is 6.33. The maximum atomic E-state index is 12.4. The maximum absolute atomic E-state index is 12.4. The Morgan fingerprint density at radius 2 is 1.69 bits per heavy atom. The van der Waals surface area contributed by atoms with Crippen molar-refractivity contribution >= 4 is 35.6 Å². The summed E-state index contributed by atoms with van der Waals surface area (Å²) in [6.45, 7) is 3.59. The lowest BCUT2D eigenvalue weighted by atomic mass is 9.98. The normalized spacial score (nSPS) is 16.3. The molecule has 1 saturated heterocycles. The van der Waals surface area contributed by atoms with Crippen LogP contribution in [0.25, 0.3) is 0 Å². The first-order valence-electron chi connectivity index (χ1n) is 8.63. The number of hydrogen-bond donors (Lipinski definition) is 3. The largest absolute Gasteiger partial charge is 0.325 e. The molecule has 0 saturated carbocycles. The summed E-state index contributed by atoms with van der Waals surface area (Å²) >= 11 is 0. The van der Waals surface area contributed by atoms with E-state index in [4.69, 9.17) is 0 Å². The molecule has 1 fully saturated rings. The Morgan fingerprint density at radius 1 is 1.00 bits per heavy atom. The van der Waals surface area contributed by atoms with Crippen LogP contribution in [0.3, 0.4) is 0 Å². The summed E-state index contributed by atoms with van der Waals surface area (Å²) in [5, 5.41) is 9.17. The minimum atomic E-state index is -0.163. The molecule has 5 nitrogen and oxygen atoms in total. The third-order valence-electron chi connectivity index (χ3n) is 4.54. The molecular formula is C20H24ClN3O2. The van der Waals surface area contributed by atoms with E-state index in [-0.39, 0.29) is 30.1 Å². The number of anilines is 2. The van der Waals surface area contributed by atoms with Crippen LogP contribution in [0.2, 0.25) is 0 Å². The SMILES string of the molecule is Cc1c(NC(=O)c2ccccc2)cccc1NC(=O)C1CCCNC1.Cl. The number of hydrogen-bond acceptors (Lipinski definition) is 3. The molecule has 1 heterocycles. The van der Waals surface area contributed by atoms with Crippen molar-refractivity contribution in [3.05, 3.63) is 59.7 Å². The van der Waals surface area contributed by atoms with Gasteiger partial charge in [-0.2, -0.15) is 0 Å². The molecule has 0 spiro atoms. The smallest absolute Gasteiger partial charge is 0.255 e. The van der Waals surface area contributed by atoms with Gasteiger partial charge >= 0.3 is 0 Å². The van der Waals surface area contributed by atoms with Crippen molar-refractivity contribution in [1.82, 2.24) is 5.32 Å². The van der Waals surface area contributed by atoms with Crippen molar-refractivity contribution < 1.29 is 9.59 Å². The first-order valence-corrected chi connectivity index (χ1v) is 8.63. The molecule has 2 aromatic carbocycles. The van der Waals surface area contributed by atoms with Crippen molar-refractivity contribution in [2.75, 3.05) is 23.7 Å². The highest BCUT2D eigenvalue weighted by Gasteiger charge is 2.21. The van der Waals surface area contributed by atoms with Gasteiger partial charge in [0.2, 0.25) is 5.91 Å². The lowest BCUT2D eigenvalue weighted by Crippen LogP contribution is -2.37. The molecule has 0 aliphatic carbocycles. The van der Waals surface area contributed by atoms with Crippen LogP contribution in [0.4, 0.5) is 11.4 Å². The average Bonchev–Trinajstić information content (AvgIpc) is 2.66. The van der Waals surface area contributed by atoms with E-state index in [0.717, 1.165) is 37.2 Å². The number of halogens is 1. The van der Waals surface area contributed by atoms with E-state index in [0.29, 0.717) is 11.3 Å². The summed E-state index contributed by atoms with van der Waals surface area (Å²) in [7, 11) is 0. The summed E-state index contributed by atoms with van der Waals surface area (Å²) < 4.78 is 0. The lowest BCUT2D eigenvalue weighted by Gasteiger charge is -2.22. The highest BCUT2D eigenvalue weighted by Crippen LogP contribution is 2.25. The molecule has 2 aromatic rings. The zero-order chi connectivity index (χ0) is 17.6. The zero-order valence-electron chi connectivity index (χ0n) is 14.7. The van der Waals surface area contributed by atoms with Crippen molar-refractivity contribution in [3.8, 4) is 0 Å². The van der Waals surface area contributed by atoms with Gasteiger partial charge in [-0.25, -0.2) is 0 Å². The second kappa shape index (κ2) is 9.36. The van der Waals surface area contributed by atoms with Crippen molar-refractivity contribution in [2.45, 2.75) is 19.8 Å². The molecule has 1 aliphatic heterocycles. The van der Waals surface area contributed by atoms with Gasteiger partial charge in [0.05, 0.1) is 5.92 Å². The van der Waals surface area contributed by atoms with Gasteiger partial charge in [-0.3, -0.25) is 9.59 Å². The Labute approximate surface area is 160 Å². The van der Waals surface area contributed by atoms with Crippen LogP contribution in [0.15, 0.2) is 48.5 Å². The van der Waals surface area contributed by atoms with Gasteiger partial charge in [-0.1, -0.05) is 24.3 Å². The molecule has 1 atom stereocenters. The van der Waals surface area contributed by atoms with Crippen LogP contribution in [-0.2, 0) is 4.79 Å². The Hall–Kier alpha value is -2.37. The van der Waals surface area contributed by atoms with Crippen molar-refractivity contribution in [3.63, 3.8) is 0 Å². The van der Waals surface area contributed by atoms with Gasteiger partial charge in [0.25, 0.3) is 5.91 Å². The number of benzene rings is 2. The highest BCUT2D eigenvalue weighted by atomic mass is 35.5. The van der Waals surface area contributed by atoms with E-state index in [9.17, 15) is 9.59 Å². The van der Waals surface area contributed by atoms with E-state index >= 15 is 0 Å². The molecule has 138 valence electrons. The molecule has 3 rings (SSSR count). The number of amides is 2. The van der Waals surface area contributed by atoms with E-state index in [2.05, 4.69) is 16.0 Å². The van der Waals surface area contributed by atoms with Crippen LogP contribution in [0.1, 0.15) is 28.8 Å². The number of carbonyl (C=O) groups is 2. The molecule has 0 aromatic heterocycles.